The maximum absolute atomic E-state index is 13.0. The van der Waals surface area contributed by atoms with Crippen molar-refractivity contribution >= 4 is 27.7 Å². The third kappa shape index (κ3) is 6.57. The lowest BCUT2D eigenvalue weighted by Gasteiger charge is -2.14. The highest BCUT2D eigenvalue weighted by atomic mass is 32.2. The van der Waals surface area contributed by atoms with Crippen molar-refractivity contribution in [2.75, 3.05) is 11.9 Å². The second-order valence-electron chi connectivity index (χ2n) is 7.34. The molecule has 0 aromatic heterocycles. The summed E-state index contributed by atoms with van der Waals surface area (Å²) in [4.78, 5) is 12.4. The summed E-state index contributed by atoms with van der Waals surface area (Å²) in [6.07, 6.45) is 0.319. The second kappa shape index (κ2) is 9.74. The number of halogens is 3. The number of sulfonamides is 1. The smallest absolute Gasteiger partial charge is 0.416 e. The van der Waals surface area contributed by atoms with Crippen LogP contribution in [0.4, 0.5) is 18.9 Å². The van der Waals surface area contributed by atoms with Gasteiger partial charge < -0.3 is 10.1 Å². The first kappa shape index (κ1) is 23.8. The first-order chi connectivity index (χ1) is 15.1. The van der Waals surface area contributed by atoms with Crippen molar-refractivity contribution < 1.29 is 31.1 Å². The van der Waals surface area contributed by atoms with Gasteiger partial charge in [0.2, 0.25) is 15.9 Å². The highest BCUT2D eigenvalue weighted by molar-refractivity contribution is 7.89. The molecule has 32 heavy (non-hydrogen) atoms. The Balaban J connectivity index is 1.70. The van der Waals surface area contributed by atoms with Gasteiger partial charge in [-0.1, -0.05) is 19.1 Å². The topological polar surface area (TPSA) is 84.5 Å². The van der Waals surface area contributed by atoms with Crippen LogP contribution in [0.3, 0.4) is 0 Å². The van der Waals surface area contributed by atoms with Crippen LogP contribution in [0.1, 0.15) is 37.3 Å². The summed E-state index contributed by atoms with van der Waals surface area (Å²) in [5.74, 6) is -0.517. The molecular formula is C22H23F3N2O4S. The second-order valence-corrected chi connectivity index (χ2v) is 9.06. The number of nitrogens with one attached hydrogen (secondary N) is 2. The SMILES string of the molecule is CCCOc1ccc(C(F)(F)F)cc1NC(=O)/C=C/c1ccc(S(=O)(=O)NC2CC2)cc1. The van der Waals surface area contributed by atoms with Crippen molar-refractivity contribution in [3.05, 3.63) is 59.7 Å². The Bertz CT molecular complexity index is 1090. The van der Waals surface area contributed by atoms with E-state index in [4.69, 9.17) is 4.74 Å². The predicted octanol–water partition coefficient (Wildman–Crippen LogP) is 4.59. The molecule has 2 N–H and O–H groups in total. The Kier molecular flexibility index (Phi) is 7.25. The molecule has 1 aliphatic rings. The van der Waals surface area contributed by atoms with Crippen molar-refractivity contribution in [2.45, 2.75) is 43.3 Å². The quantitative estimate of drug-likeness (QED) is 0.528. The molecule has 0 heterocycles. The Hall–Kier alpha value is -2.85. The van der Waals surface area contributed by atoms with E-state index in [1.54, 1.807) is 0 Å². The number of hydrogen-bond donors (Lipinski definition) is 2. The van der Waals surface area contributed by atoms with Gasteiger partial charge in [-0.3, -0.25) is 4.79 Å². The first-order valence-corrected chi connectivity index (χ1v) is 11.5. The van der Waals surface area contributed by atoms with E-state index in [9.17, 15) is 26.4 Å². The van der Waals surface area contributed by atoms with Crippen molar-refractivity contribution in [1.82, 2.24) is 4.72 Å². The third-order valence-electron chi connectivity index (χ3n) is 4.54. The number of carbonyl (C=O) groups is 1. The molecule has 0 bridgehead atoms. The Morgan fingerprint density at radius 1 is 1.16 bits per heavy atom. The van der Waals surface area contributed by atoms with Gasteiger partial charge in [0.05, 0.1) is 22.8 Å². The summed E-state index contributed by atoms with van der Waals surface area (Å²) in [5, 5.41) is 2.41. The Labute approximate surface area is 184 Å². The normalized spacial score (nSPS) is 14.5. The Morgan fingerprint density at radius 2 is 1.84 bits per heavy atom. The zero-order valence-corrected chi connectivity index (χ0v) is 18.1. The molecule has 0 atom stereocenters. The van der Waals surface area contributed by atoms with Crippen LogP contribution in [0.25, 0.3) is 6.08 Å². The van der Waals surface area contributed by atoms with Gasteiger partial charge in [-0.15, -0.1) is 0 Å². The van der Waals surface area contributed by atoms with E-state index in [0.29, 0.717) is 12.0 Å². The van der Waals surface area contributed by atoms with Gasteiger partial charge in [-0.2, -0.15) is 13.2 Å². The molecular weight excluding hydrogens is 445 g/mol. The van der Waals surface area contributed by atoms with Crippen LogP contribution in [0, 0.1) is 0 Å². The summed E-state index contributed by atoms with van der Waals surface area (Å²) < 4.78 is 71.5. The molecule has 1 saturated carbocycles. The maximum atomic E-state index is 13.0. The fraction of sp³-hybridized carbons (Fsp3) is 0.318. The third-order valence-corrected chi connectivity index (χ3v) is 6.08. The molecule has 0 spiro atoms. The van der Waals surface area contributed by atoms with Crippen LogP contribution in [0.2, 0.25) is 0 Å². The maximum Gasteiger partial charge on any atom is 0.416 e. The molecule has 0 radical (unpaired) electrons. The summed E-state index contributed by atoms with van der Waals surface area (Å²) >= 11 is 0. The minimum atomic E-state index is -4.56. The number of benzene rings is 2. The van der Waals surface area contributed by atoms with E-state index in [0.717, 1.165) is 31.1 Å². The van der Waals surface area contributed by atoms with Crippen molar-refractivity contribution in [3.8, 4) is 5.75 Å². The van der Waals surface area contributed by atoms with Gasteiger partial charge in [0.25, 0.3) is 0 Å². The molecule has 6 nitrogen and oxygen atoms in total. The van der Waals surface area contributed by atoms with Gasteiger partial charge in [0.15, 0.2) is 0 Å². The van der Waals surface area contributed by atoms with Gasteiger partial charge in [-0.05, 0) is 61.2 Å². The van der Waals surface area contributed by atoms with E-state index in [-0.39, 0.29) is 29.0 Å². The standard InChI is InChI=1S/C22H23F3N2O4S/c1-2-13-31-20-11-6-16(22(23,24)25)14-19(20)26-21(28)12-5-15-3-9-18(10-4-15)32(29,30)27-17-7-8-17/h3-6,9-12,14,17,27H,2,7-8,13H2,1H3,(H,26,28)/b12-5+. The number of amides is 1. The van der Waals surface area contributed by atoms with Crippen LogP contribution in [-0.4, -0.2) is 27.0 Å². The average Bonchev–Trinajstić information content (AvgIpc) is 3.54. The van der Waals surface area contributed by atoms with Crippen LogP contribution in [0.15, 0.2) is 53.4 Å². The molecule has 0 aliphatic heterocycles. The van der Waals surface area contributed by atoms with E-state index >= 15 is 0 Å². The highest BCUT2D eigenvalue weighted by Gasteiger charge is 2.31. The van der Waals surface area contributed by atoms with Crippen LogP contribution >= 0.6 is 0 Å². The Morgan fingerprint density at radius 3 is 2.44 bits per heavy atom. The van der Waals surface area contributed by atoms with Crippen molar-refractivity contribution in [3.63, 3.8) is 0 Å². The molecule has 1 aliphatic carbocycles. The zero-order chi connectivity index (χ0) is 23.4. The lowest BCUT2D eigenvalue weighted by molar-refractivity contribution is -0.137. The van der Waals surface area contributed by atoms with Gasteiger partial charge in [0.1, 0.15) is 5.75 Å². The summed E-state index contributed by atoms with van der Waals surface area (Å²) in [5.41, 5.74) is -0.440. The first-order valence-electron chi connectivity index (χ1n) is 10.0. The van der Waals surface area contributed by atoms with Gasteiger partial charge in [-0.25, -0.2) is 13.1 Å². The minimum absolute atomic E-state index is 0.00897. The van der Waals surface area contributed by atoms with Crippen LogP contribution in [-0.2, 0) is 21.0 Å². The molecule has 2 aromatic rings. The number of rotatable bonds is 9. The molecule has 172 valence electrons. The molecule has 10 heteroatoms. The number of alkyl halides is 3. The molecule has 0 saturated heterocycles. The fourth-order valence-electron chi connectivity index (χ4n) is 2.73. The lowest BCUT2D eigenvalue weighted by Crippen LogP contribution is -2.25. The number of anilines is 1. The van der Waals surface area contributed by atoms with Gasteiger partial charge >= 0.3 is 6.18 Å². The number of carbonyl (C=O) groups excluding carboxylic acids is 1. The van der Waals surface area contributed by atoms with E-state index in [1.807, 2.05) is 6.92 Å². The lowest BCUT2D eigenvalue weighted by atomic mass is 10.1. The van der Waals surface area contributed by atoms with Crippen LogP contribution in [0.5, 0.6) is 5.75 Å². The van der Waals surface area contributed by atoms with Crippen molar-refractivity contribution in [1.29, 1.82) is 0 Å². The molecule has 0 unspecified atom stereocenters. The van der Waals surface area contributed by atoms with Crippen molar-refractivity contribution in [2.24, 2.45) is 0 Å². The van der Waals surface area contributed by atoms with Gasteiger partial charge in [0, 0.05) is 12.1 Å². The van der Waals surface area contributed by atoms with E-state index in [2.05, 4.69) is 10.0 Å². The predicted molar refractivity (Wildman–Crippen MR) is 115 cm³/mol. The zero-order valence-electron chi connectivity index (χ0n) is 17.3. The molecule has 1 amide bonds. The number of ether oxygens (including phenoxy) is 1. The monoisotopic (exact) mass is 468 g/mol. The highest BCUT2D eigenvalue weighted by Crippen LogP contribution is 2.35. The summed E-state index contributed by atoms with van der Waals surface area (Å²) in [6, 6.07) is 8.79. The molecule has 1 fully saturated rings. The fourth-order valence-corrected chi connectivity index (χ4v) is 4.04. The molecule has 2 aromatic carbocycles. The largest absolute Gasteiger partial charge is 0.491 e. The van der Waals surface area contributed by atoms with E-state index in [1.165, 1.54) is 36.4 Å². The summed E-state index contributed by atoms with van der Waals surface area (Å²) in [6.45, 7) is 2.14. The minimum Gasteiger partial charge on any atom is -0.491 e. The molecule has 3 rings (SSSR count). The average molecular weight is 468 g/mol. The number of hydrogen-bond acceptors (Lipinski definition) is 4. The van der Waals surface area contributed by atoms with Crippen LogP contribution < -0.4 is 14.8 Å². The summed E-state index contributed by atoms with van der Waals surface area (Å²) in [7, 11) is -3.57. The van der Waals surface area contributed by atoms with E-state index < -0.39 is 27.7 Å².